The Labute approximate surface area is 290 Å². The van der Waals surface area contributed by atoms with Gasteiger partial charge in [-0.15, -0.1) is 0 Å². The van der Waals surface area contributed by atoms with Gasteiger partial charge in [0, 0.05) is 37.3 Å². The second kappa shape index (κ2) is 14.3. The van der Waals surface area contributed by atoms with Crippen LogP contribution in [0.15, 0.2) is 29.2 Å². The van der Waals surface area contributed by atoms with Crippen LogP contribution in [0, 0.1) is 40.9 Å². The first-order chi connectivity index (χ1) is 22.7. The van der Waals surface area contributed by atoms with E-state index in [0.717, 1.165) is 12.0 Å². The predicted molar refractivity (Wildman–Crippen MR) is 181 cm³/mol. The first-order valence-corrected chi connectivity index (χ1v) is 18.7. The zero-order valence-electron chi connectivity index (χ0n) is 30.1. The van der Waals surface area contributed by atoms with E-state index in [1.165, 1.54) is 12.1 Å². The molecule has 274 valence electrons. The number of hydrogen-bond acceptors (Lipinski definition) is 10. The van der Waals surface area contributed by atoms with E-state index in [-0.39, 0.29) is 36.1 Å². The van der Waals surface area contributed by atoms with Crippen LogP contribution in [-0.2, 0) is 38.2 Å². The number of hydrogen-bond donors (Lipinski definition) is 3. The van der Waals surface area contributed by atoms with Gasteiger partial charge >= 0.3 is 12.1 Å². The number of carbonyl (C=O) groups excluding carboxylic acids is 4. The quantitative estimate of drug-likeness (QED) is 0.179. The third kappa shape index (κ3) is 7.83. The second-order valence-corrected chi connectivity index (χ2v) is 17.5. The summed E-state index contributed by atoms with van der Waals surface area (Å²) in [7, 11) is -4.27. The highest BCUT2D eigenvalue weighted by atomic mass is 32.2. The van der Waals surface area contributed by atoms with Gasteiger partial charge in [0.2, 0.25) is 5.91 Å². The normalized spacial score (nSPS) is 33.1. The molecule has 0 unspecified atom stereocenters. The fourth-order valence-corrected chi connectivity index (χ4v) is 9.44. The van der Waals surface area contributed by atoms with Crippen LogP contribution < -0.4 is 10.6 Å². The number of nitrogens with one attached hydrogen (secondary N) is 2. The molecule has 0 heterocycles. The first kappa shape index (κ1) is 38.8. The van der Waals surface area contributed by atoms with E-state index < -0.39 is 80.6 Å². The number of ether oxygens (including phenoxy) is 2. The van der Waals surface area contributed by atoms with Gasteiger partial charge in [-0.05, 0) is 89.7 Å². The van der Waals surface area contributed by atoms with Gasteiger partial charge in [-0.2, -0.15) is 8.42 Å². The number of esters is 1. The second-order valence-electron chi connectivity index (χ2n) is 15.8. The molecular formula is C36H54N2O10S. The van der Waals surface area contributed by atoms with Crippen molar-refractivity contribution < 1.29 is 46.4 Å². The van der Waals surface area contributed by atoms with Crippen LogP contribution in [0.5, 0.6) is 0 Å². The highest BCUT2D eigenvalue weighted by Crippen LogP contribution is 2.67. The predicted octanol–water partition coefficient (Wildman–Crippen LogP) is 4.45. The van der Waals surface area contributed by atoms with E-state index in [0.29, 0.717) is 25.7 Å². The maximum atomic E-state index is 14.1. The molecule has 3 fully saturated rings. The van der Waals surface area contributed by atoms with Crippen LogP contribution in [0.1, 0.15) is 92.6 Å². The largest absolute Gasteiger partial charge is 0.460 e. The minimum absolute atomic E-state index is 0.0536. The minimum atomic E-state index is -4.27. The maximum absolute atomic E-state index is 14.1. The number of aliphatic hydroxyl groups excluding tert-OH is 1. The summed E-state index contributed by atoms with van der Waals surface area (Å²) in [5, 5.41) is 17.6. The number of aryl methyl sites for hydroxylation is 1. The highest BCUT2D eigenvalue weighted by Gasteiger charge is 2.69. The Kier molecular flexibility index (Phi) is 11.3. The molecule has 3 saturated carbocycles. The third-order valence-electron chi connectivity index (χ3n) is 11.5. The summed E-state index contributed by atoms with van der Waals surface area (Å²) in [5.74, 6) is -2.36. The van der Waals surface area contributed by atoms with Gasteiger partial charge in [-0.25, -0.2) is 9.59 Å². The lowest BCUT2D eigenvalue weighted by Crippen LogP contribution is -2.65. The molecule has 8 atom stereocenters. The van der Waals surface area contributed by atoms with Gasteiger partial charge in [0.05, 0.1) is 16.4 Å². The van der Waals surface area contributed by atoms with Gasteiger partial charge in [0.25, 0.3) is 10.1 Å². The molecule has 0 saturated heterocycles. The Morgan fingerprint density at radius 2 is 1.65 bits per heavy atom. The number of benzene rings is 1. The molecule has 2 amide bonds. The summed E-state index contributed by atoms with van der Waals surface area (Å²) in [6.07, 6.45) is -0.159. The van der Waals surface area contributed by atoms with E-state index in [9.17, 15) is 32.7 Å². The van der Waals surface area contributed by atoms with Crippen molar-refractivity contribution >= 4 is 33.9 Å². The molecule has 3 aliphatic carbocycles. The number of carbonyl (C=O) groups is 4. The average Bonchev–Trinajstić information content (AvgIpc) is 3.37. The van der Waals surface area contributed by atoms with Crippen LogP contribution in [0.2, 0.25) is 0 Å². The summed E-state index contributed by atoms with van der Waals surface area (Å²) >= 11 is 0. The zero-order valence-corrected chi connectivity index (χ0v) is 30.9. The van der Waals surface area contributed by atoms with Crippen LogP contribution in [0.25, 0.3) is 0 Å². The van der Waals surface area contributed by atoms with Crippen molar-refractivity contribution in [3.63, 3.8) is 0 Å². The smallest absolute Gasteiger partial charge is 0.407 e. The summed E-state index contributed by atoms with van der Waals surface area (Å²) in [6, 6.07) is 6.02. The molecule has 0 spiro atoms. The lowest BCUT2D eigenvalue weighted by Gasteiger charge is -2.61. The molecular weight excluding hydrogens is 652 g/mol. The van der Waals surface area contributed by atoms with E-state index in [1.807, 2.05) is 27.7 Å². The Bertz CT molecular complexity index is 1520. The fourth-order valence-electron chi connectivity index (χ4n) is 8.58. The van der Waals surface area contributed by atoms with E-state index in [4.69, 9.17) is 13.7 Å². The van der Waals surface area contributed by atoms with Crippen LogP contribution >= 0.6 is 0 Å². The Morgan fingerprint density at radius 3 is 2.29 bits per heavy atom. The topological polar surface area (TPSA) is 174 Å². The number of alkyl carbamates (subject to hydrolysis) is 1. The molecule has 3 N–H and O–H groups in total. The molecule has 0 aliphatic heterocycles. The summed E-state index contributed by atoms with van der Waals surface area (Å²) in [4.78, 5) is 53.1. The number of amides is 2. The summed E-state index contributed by atoms with van der Waals surface area (Å²) in [5.41, 5.74) is -2.73. The Hall–Kier alpha value is -3.03. The Morgan fingerprint density at radius 1 is 1.02 bits per heavy atom. The summed E-state index contributed by atoms with van der Waals surface area (Å²) in [6.45, 7) is 14.2. The van der Waals surface area contributed by atoms with Crippen molar-refractivity contribution in [2.24, 2.45) is 34.0 Å². The monoisotopic (exact) mass is 706 g/mol. The molecule has 0 radical (unpaired) electrons. The number of rotatable bonds is 10. The lowest BCUT2D eigenvalue weighted by molar-refractivity contribution is -0.212. The van der Waals surface area contributed by atoms with Gasteiger partial charge < -0.3 is 25.2 Å². The fraction of sp³-hybridized carbons (Fsp3) is 0.722. The van der Waals surface area contributed by atoms with Crippen molar-refractivity contribution in [3.05, 3.63) is 29.8 Å². The highest BCUT2D eigenvalue weighted by molar-refractivity contribution is 7.86. The molecule has 12 nitrogen and oxygen atoms in total. The number of ketones is 1. The van der Waals surface area contributed by atoms with Crippen molar-refractivity contribution in [1.82, 2.24) is 10.6 Å². The number of aliphatic hydroxyl groups is 1. The minimum Gasteiger partial charge on any atom is -0.460 e. The standard InChI is InChI=1S/C36H54N2O10S/c1-22-10-12-25(13-11-22)49(44,45)46-21-28(40)47-27-20-34(7,31(42)37-18-9-19-38-32(43)48-33(4,5)6)30(41)24(3)36-16-14-23(2)35(27,8)29(36)26(39)15-17-36/h10-13,23-24,27,29-30,41H,9,14-21H2,1-8H3,(H,37,42)(H,38,43)/t23-,24+,27-,29+,30+,34+,35+,36+/m1/s1. The third-order valence-corrected chi connectivity index (χ3v) is 12.8. The van der Waals surface area contributed by atoms with E-state index in [2.05, 4.69) is 10.6 Å². The zero-order chi connectivity index (χ0) is 36.6. The molecule has 0 aromatic heterocycles. The lowest BCUT2D eigenvalue weighted by atomic mass is 9.43. The van der Waals surface area contributed by atoms with Gasteiger partial charge in [0.15, 0.2) is 6.61 Å². The number of Topliss-reactive ketones (excluding diaryl/α,β-unsaturated/α-hetero) is 1. The molecule has 1 aromatic carbocycles. The van der Waals surface area contributed by atoms with E-state index in [1.54, 1.807) is 39.8 Å². The first-order valence-electron chi connectivity index (χ1n) is 17.3. The van der Waals surface area contributed by atoms with E-state index >= 15 is 0 Å². The average molecular weight is 707 g/mol. The molecule has 49 heavy (non-hydrogen) atoms. The van der Waals surface area contributed by atoms with Crippen LogP contribution in [0.3, 0.4) is 0 Å². The molecule has 1 aromatic rings. The van der Waals surface area contributed by atoms with Crippen molar-refractivity contribution in [2.45, 2.75) is 117 Å². The Balaban J connectivity index is 1.58. The SMILES string of the molecule is Cc1ccc(S(=O)(=O)OCC(=O)O[C@@H]2C[C@](C)(C(=O)NCCCNC(=O)OC(C)(C)C)[C@@H](O)[C@H](C)[C@]34CCC(=O)[C@H]3[C@@]2(C)[C@H](C)CC4)cc1. The van der Waals surface area contributed by atoms with Crippen molar-refractivity contribution in [2.75, 3.05) is 19.7 Å². The van der Waals surface area contributed by atoms with Crippen LogP contribution in [0.4, 0.5) is 4.79 Å². The molecule has 3 aliphatic rings. The molecule has 2 bridgehead atoms. The molecule has 13 heteroatoms. The van der Waals surface area contributed by atoms with Gasteiger partial charge in [-0.1, -0.05) is 38.5 Å². The molecule has 4 rings (SSSR count). The van der Waals surface area contributed by atoms with Crippen molar-refractivity contribution in [3.8, 4) is 0 Å². The van der Waals surface area contributed by atoms with Gasteiger partial charge in [-0.3, -0.25) is 13.8 Å². The summed E-state index contributed by atoms with van der Waals surface area (Å²) < 4.78 is 42.1. The van der Waals surface area contributed by atoms with Crippen molar-refractivity contribution in [1.29, 1.82) is 0 Å². The van der Waals surface area contributed by atoms with Crippen LogP contribution in [-0.4, -0.2) is 74.8 Å². The maximum Gasteiger partial charge on any atom is 0.407 e. The van der Waals surface area contributed by atoms with Gasteiger partial charge in [0.1, 0.15) is 17.5 Å².